The summed E-state index contributed by atoms with van der Waals surface area (Å²) in [6, 6.07) is 0.745. The molecule has 1 rings (SSSR count). The van der Waals surface area contributed by atoms with Crippen LogP contribution in [0.15, 0.2) is 0 Å². The lowest BCUT2D eigenvalue weighted by Crippen LogP contribution is -2.33. The summed E-state index contributed by atoms with van der Waals surface area (Å²) in [6.07, 6.45) is 0. The lowest BCUT2D eigenvalue weighted by atomic mass is 10.0. The summed E-state index contributed by atoms with van der Waals surface area (Å²) in [5.74, 6) is 1.93. The topological polar surface area (TPSA) is 12.0 Å². The van der Waals surface area contributed by atoms with Crippen LogP contribution in [0.1, 0.15) is 20.8 Å². The van der Waals surface area contributed by atoms with E-state index in [1.165, 1.54) is 0 Å². The van der Waals surface area contributed by atoms with E-state index in [1.54, 1.807) is 0 Å². The Labute approximate surface area is 61.6 Å². The Morgan fingerprint density at radius 2 is 2.22 bits per heavy atom. The van der Waals surface area contributed by atoms with Gasteiger partial charge in [0.05, 0.1) is 0 Å². The van der Waals surface area contributed by atoms with Crippen LogP contribution in [0, 0.1) is 5.92 Å². The minimum absolute atomic E-state index is 0.745. The number of nitrogens with one attached hydrogen (secondary N) is 1. The van der Waals surface area contributed by atoms with Crippen LogP contribution in [0.25, 0.3) is 0 Å². The summed E-state index contributed by atoms with van der Waals surface area (Å²) in [5, 5.41) is 4.28. The van der Waals surface area contributed by atoms with E-state index < -0.39 is 0 Å². The van der Waals surface area contributed by atoms with Crippen molar-refractivity contribution >= 4 is 11.8 Å². The van der Waals surface area contributed by atoms with E-state index >= 15 is 0 Å². The summed E-state index contributed by atoms with van der Waals surface area (Å²) in [6.45, 7) is 6.86. The molecule has 1 nitrogen and oxygen atoms in total. The monoisotopic (exact) mass is 145 g/mol. The van der Waals surface area contributed by atoms with Crippen molar-refractivity contribution in [2.24, 2.45) is 5.92 Å². The maximum absolute atomic E-state index is 3.47. The normalized spacial score (nSPS) is 36.0. The van der Waals surface area contributed by atoms with Gasteiger partial charge in [-0.05, 0) is 5.92 Å². The Balaban J connectivity index is 2.40. The molecule has 1 aliphatic heterocycles. The molecule has 0 aliphatic carbocycles. The molecule has 0 bridgehead atoms. The number of thioether (sulfide) groups is 1. The Morgan fingerprint density at radius 1 is 1.56 bits per heavy atom. The molecule has 0 saturated carbocycles. The van der Waals surface area contributed by atoms with Gasteiger partial charge in [0.25, 0.3) is 0 Å². The zero-order valence-electron chi connectivity index (χ0n) is 6.35. The summed E-state index contributed by atoms with van der Waals surface area (Å²) in [4.78, 5) is 0. The number of hydrogen-bond acceptors (Lipinski definition) is 2. The first-order valence-electron chi connectivity index (χ1n) is 3.57. The Hall–Kier alpha value is 0.310. The van der Waals surface area contributed by atoms with Gasteiger partial charge in [0, 0.05) is 17.2 Å². The van der Waals surface area contributed by atoms with Crippen LogP contribution >= 0.6 is 11.8 Å². The Bertz CT molecular complexity index is 92.9. The molecule has 0 radical (unpaired) electrons. The molecular formula is C7H15NS. The second kappa shape index (κ2) is 2.93. The van der Waals surface area contributed by atoms with Crippen molar-refractivity contribution < 1.29 is 0 Å². The lowest BCUT2D eigenvalue weighted by Gasteiger charge is -2.17. The zero-order valence-corrected chi connectivity index (χ0v) is 7.16. The highest BCUT2D eigenvalue weighted by atomic mass is 32.2. The molecule has 0 amide bonds. The molecule has 1 fully saturated rings. The summed E-state index contributed by atoms with van der Waals surface area (Å²) in [5.41, 5.74) is 0. The SMILES string of the molecule is CC(C)C1NCSC1C. The Morgan fingerprint density at radius 3 is 2.44 bits per heavy atom. The predicted molar refractivity (Wildman–Crippen MR) is 43.7 cm³/mol. The van der Waals surface area contributed by atoms with Gasteiger partial charge in [0.1, 0.15) is 0 Å². The van der Waals surface area contributed by atoms with Crippen LogP contribution in [0.4, 0.5) is 0 Å². The van der Waals surface area contributed by atoms with Crippen LogP contribution in [-0.2, 0) is 0 Å². The van der Waals surface area contributed by atoms with Gasteiger partial charge in [-0.25, -0.2) is 0 Å². The average molecular weight is 145 g/mol. The van der Waals surface area contributed by atoms with Crippen molar-refractivity contribution in [2.45, 2.75) is 32.1 Å². The average Bonchev–Trinajstić information content (AvgIpc) is 2.13. The van der Waals surface area contributed by atoms with Crippen molar-refractivity contribution in [3.8, 4) is 0 Å². The molecule has 2 unspecified atom stereocenters. The van der Waals surface area contributed by atoms with E-state index in [-0.39, 0.29) is 0 Å². The maximum atomic E-state index is 3.47. The molecule has 1 aliphatic rings. The van der Waals surface area contributed by atoms with Gasteiger partial charge in [0.15, 0.2) is 0 Å². The second-order valence-corrected chi connectivity index (χ2v) is 4.36. The van der Waals surface area contributed by atoms with E-state index in [0.29, 0.717) is 0 Å². The fraction of sp³-hybridized carbons (Fsp3) is 1.00. The van der Waals surface area contributed by atoms with E-state index in [1.807, 2.05) is 11.8 Å². The minimum atomic E-state index is 0.745. The molecule has 0 aromatic carbocycles. The van der Waals surface area contributed by atoms with Gasteiger partial charge in [0.2, 0.25) is 0 Å². The third kappa shape index (κ3) is 1.62. The molecule has 1 N–H and O–H groups in total. The third-order valence-electron chi connectivity index (χ3n) is 1.89. The molecule has 1 heterocycles. The van der Waals surface area contributed by atoms with E-state index in [2.05, 4.69) is 26.1 Å². The van der Waals surface area contributed by atoms with Crippen LogP contribution in [0.2, 0.25) is 0 Å². The highest BCUT2D eigenvalue weighted by Crippen LogP contribution is 2.24. The van der Waals surface area contributed by atoms with Crippen molar-refractivity contribution in [2.75, 3.05) is 5.88 Å². The standard InChI is InChI=1S/C7H15NS/c1-5(2)7-6(3)9-4-8-7/h5-8H,4H2,1-3H3. The molecule has 0 spiro atoms. The molecule has 2 heteroatoms. The quantitative estimate of drug-likeness (QED) is 0.602. The number of rotatable bonds is 1. The van der Waals surface area contributed by atoms with Gasteiger partial charge in [-0.1, -0.05) is 20.8 Å². The van der Waals surface area contributed by atoms with Gasteiger partial charge in [-0.3, -0.25) is 0 Å². The van der Waals surface area contributed by atoms with Crippen molar-refractivity contribution in [1.29, 1.82) is 0 Å². The van der Waals surface area contributed by atoms with Crippen LogP contribution in [0.5, 0.6) is 0 Å². The van der Waals surface area contributed by atoms with Gasteiger partial charge in [-0.2, -0.15) is 0 Å². The highest BCUT2D eigenvalue weighted by Gasteiger charge is 2.25. The predicted octanol–water partition coefficient (Wildman–Crippen LogP) is 1.69. The smallest absolute Gasteiger partial charge is 0.0423 e. The van der Waals surface area contributed by atoms with Gasteiger partial charge < -0.3 is 5.32 Å². The molecule has 0 aromatic heterocycles. The largest absolute Gasteiger partial charge is 0.304 e. The molecule has 1 saturated heterocycles. The highest BCUT2D eigenvalue weighted by molar-refractivity contribution is 8.00. The fourth-order valence-corrected chi connectivity index (χ4v) is 2.49. The molecule has 54 valence electrons. The first-order valence-corrected chi connectivity index (χ1v) is 4.61. The zero-order chi connectivity index (χ0) is 6.85. The molecule has 0 aromatic rings. The van der Waals surface area contributed by atoms with E-state index in [4.69, 9.17) is 0 Å². The van der Waals surface area contributed by atoms with Crippen molar-refractivity contribution in [3.05, 3.63) is 0 Å². The maximum Gasteiger partial charge on any atom is 0.0423 e. The molecular weight excluding hydrogens is 130 g/mol. The summed E-state index contributed by atoms with van der Waals surface area (Å²) < 4.78 is 0. The number of hydrogen-bond donors (Lipinski definition) is 1. The first kappa shape index (κ1) is 7.42. The molecule has 2 atom stereocenters. The Kier molecular flexibility index (Phi) is 2.42. The first-order chi connectivity index (χ1) is 4.22. The van der Waals surface area contributed by atoms with Crippen LogP contribution in [0.3, 0.4) is 0 Å². The van der Waals surface area contributed by atoms with Gasteiger partial charge in [-0.15, -0.1) is 11.8 Å². The molecule has 9 heavy (non-hydrogen) atoms. The van der Waals surface area contributed by atoms with E-state index in [9.17, 15) is 0 Å². The van der Waals surface area contributed by atoms with Gasteiger partial charge >= 0.3 is 0 Å². The van der Waals surface area contributed by atoms with Crippen molar-refractivity contribution in [1.82, 2.24) is 5.32 Å². The lowest BCUT2D eigenvalue weighted by molar-refractivity contribution is 0.436. The van der Waals surface area contributed by atoms with Crippen LogP contribution < -0.4 is 5.32 Å². The summed E-state index contributed by atoms with van der Waals surface area (Å²) >= 11 is 2.02. The van der Waals surface area contributed by atoms with E-state index in [0.717, 1.165) is 23.1 Å². The van der Waals surface area contributed by atoms with Crippen LogP contribution in [-0.4, -0.2) is 17.2 Å². The third-order valence-corrected chi connectivity index (χ3v) is 3.04. The minimum Gasteiger partial charge on any atom is -0.304 e. The summed E-state index contributed by atoms with van der Waals surface area (Å²) in [7, 11) is 0. The van der Waals surface area contributed by atoms with Crippen molar-refractivity contribution in [3.63, 3.8) is 0 Å². The second-order valence-electron chi connectivity index (χ2n) is 2.99. The fourth-order valence-electron chi connectivity index (χ4n) is 1.32.